The first kappa shape index (κ1) is 28.0. The first-order chi connectivity index (χ1) is 17.9. The minimum absolute atomic E-state index is 0.0349. The van der Waals surface area contributed by atoms with Crippen molar-refractivity contribution in [3.05, 3.63) is 101 Å². The number of ether oxygens (including phenoxy) is 1. The maximum atomic E-state index is 13.6. The summed E-state index contributed by atoms with van der Waals surface area (Å²) in [6, 6.07) is 19.0. The lowest BCUT2D eigenvalue weighted by molar-refractivity contribution is -0.143. The molecule has 3 nitrogen and oxygen atoms in total. The van der Waals surface area contributed by atoms with Crippen LogP contribution >= 0.6 is 0 Å². The molecule has 0 radical (unpaired) electrons. The van der Waals surface area contributed by atoms with Crippen molar-refractivity contribution < 1.29 is 31.1 Å². The van der Waals surface area contributed by atoms with Crippen molar-refractivity contribution in [3.63, 3.8) is 0 Å². The van der Waals surface area contributed by atoms with Crippen LogP contribution in [-0.2, 0) is 30.9 Å². The van der Waals surface area contributed by atoms with Gasteiger partial charge in [-0.15, -0.1) is 0 Å². The van der Waals surface area contributed by atoms with Gasteiger partial charge in [-0.2, -0.15) is 26.3 Å². The first-order valence-corrected chi connectivity index (χ1v) is 12.3. The molecule has 4 rings (SSSR count). The van der Waals surface area contributed by atoms with Crippen molar-refractivity contribution in [2.24, 2.45) is 0 Å². The minimum atomic E-state index is -4.90. The van der Waals surface area contributed by atoms with Crippen LogP contribution in [0.25, 0.3) is 0 Å². The van der Waals surface area contributed by atoms with Gasteiger partial charge in [0.15, 0.2) is 0 Å². The van der Waals surface area contributed by atoms with E-state index in [9.17, 15) is 26.3 Å². The molecule has 3 aromatic rings. The van der Waals surface area contributed by atoms with Crippen LogP contribution in [-0.4, -0.2) is 43.1 Å². The molecule has 1 atom stereocenters. The van der Waals surface area contributed by atoms with Crippen LogP contribution in [0.3, 0.4) is 0 Å². The van der Waals surface area contributed by atoms with Gasteiger partial charge < -0.3 is 4.74 Å². The largest absolute Gasteiger partial charge is 0.496 e. The number of hydrogen-bond donors (Lipinski definition) is 0. The van der Waals surface area contributed by atoms with E-state index in [1.807, 2.05) is 31.2 Å². The van der Waals surface area contributed by atoms with Crippen LogP contribution in [0.1, 0.15) is 34.7 Å². The molecule has 0 aromatic heterocycles. The molecule has 9 heteroatoms. The Morgan fingerprint density at radius 1 is 0.711 bits per heavy atom. The van der Waals surface area contributed by atoms with Gasteiger partial charge in [0.05, 0.1) is 23.8 Å². The van der Waals surface area contributed by atoms with E-state index in [1.54, 1.807) is 18.2 Å². The van der Waals surface area contributed by atoms with Crippen LogP contribution in [0.5, 0.6) is 5.75 Å². The van der Waals surface area contributed by atoms with Gasteiger partial charge in [0, 0.05) is 38.3 Å². The lowest BCUT2D eigenvalue weighted by Gasteiger charge is -2.47. The predicted molar refractivity (Wildman–Crippen MR) is 134 cm³/mol. The molecule has 0 aliphatic carbocycles. The summed E-state index contributed by atoms with van der Waals surface area (Å²) in [4.78, 5) is 4.43. The van der Waals surface area contributed by atoms with E-state index in [2.05, 4.69) is 21.9 Å². The maximum Gasteiger partial charge on any atom is 0.416 e. The highest BCUT2D eigenvalue weighted by atomic mass is 19.4. The molecule has 1 saturated heterocycles. The Hall–Kier alpha value is -3.04. The fourth-order valence-corrected chi connectivity index (χ4v) is 5.23. The Labute approximate surface area is 218 Å². The van der Waals surface area contributed by atoms with Gasteiger partial charge in [0.1, 0.15) is 5.75 Å². The molecule has 0 bridgehead atoms. The lowest BCUT2D eigenvalue weighted by atomic mass is 9.82. The molecule has 1 fully saturated rings. The van der Waals surface area contributed by atoms with E-state index in [0.29, 0.717) is 37.5 Å². The Bertz CT molecular complexity index is 1190. The Morgan fingerprint density at radius 2 is 1.26 bits per heavy atom. The average molecular weight is 537 g/mol. The summed E-state index contributed by atoms with van der Waals surface area (Å²) in [6.45, 7) is 5.22. The number of benzene rings is 3. The first-order valence-electron chi connectivity index (χ1n) is 12.3. The molecule has 1 unspecified atom stereocenters. The van der Waals surface area contributed by atoms with Crippen molar-refractivity contribution in [3.8, 4) is 5.75 Å². The van der Waals surface area contributed by atoms with Gasteiger partial charge in [-0.25, -0.2) is 0 Å². The monoisotopic (exact) mass is 536 g/mol. The number of piperazine rings is 1. The van der Waals surface area contributed by atoms with Crippen molar-refractivity contribution in [2.45, 2.75) is 37.8 Å². The summed E-state index contributed by atoms with van der Waals surface area (Å²) in [5.74, 6) is 0.532. The Morgan fingerprint density at radius 3 is 1.82 bits per heavy atom. The van der Waals surface area contributed by atoms with Gasteiger partial charge in [0.2, 0.25) is 0 Å². The third kappa shape index (κ3) is 6.32. The summed E-state index contributed by atoms with van der Waals surface area (Å²) in [7, 11) is 1.50. The molecule has 0 N–H and O–H groups in total. The summed E-state index contributed by atoms with van der Waals surface area (Å²) in [6.07, 6.45) is -9.86. The number of alkyl halides is 6. The van der Waals surface area contributed by atoms with Crippen molar-refractivity contribution in [1.82, 2.24) is 9.80 Å². The molecule has 1 heterocycles. The molecule has 1 aliphatic heterocycles. The highest BCUT2D eigenvalue weighted by Crippen LogP contribution is 2.41. The minimum Gasteiger partial charge on any atom is -0.496 e. The van der Waals surface area contributed by atoms with Gasteiger partial charge in [-0.1, -0.05) is 48.5 Å². The SMILES string of the molecule is COc1ccccc1C(C)(Cc1cc(C(F)(F)F)cc(C(F)(F)F)c1)N1CCN(Cc2ccccc2)CC1. The lowest BCUT2D eigenvalue weighted by Crippen LogP contribution is -2.55. The number of halogens is 6. The fourth-order valence-electron chi connectivity index (χ4n) is 5.23. The number of hydrogen-bond acceptors (Lipinski definition) is 3. The zero-order valence-corrected chi connectivity index (χ0v) is 21.2. The van der Waals surface area contributed by atoms with Gasteiger partial charge >= 0.3 is 12.4 Å². The van der Waals surface area contributed by atoms with Crippen molar-refractivity contribution in [1.29, 1.82) is 0 Å². The molecule has 204 valence electrons. The van der Waals surface area contributed by atoms with Crippen LogP contribution in [0.2, 0.25) is 0 Å². The van der Waals surface area contributed by atoms with E-state index in [0.717, 1.165) is 18.7 Å². The summed E-state index contributed by atoms with van der Waals surface area (Å²) in [5.41, 5.74) is -1.68. The predicted octanol–water partition coefficient (Wildman–Crippen LogP) is 7.01. The number of nitrogens with zero attached hydrogens (tertiary/aromatic N) is 2. The van der Waals surface area contributed by atoms with Crippen LogP contribution in [0.4, 0.5) is 26.3 Å². The quantitative estimate of drug-likeness (QED) is 0.302. The summed E-state index contributed by atoms with van der Waals surface area (Å²) >= 11 is 0. The maximum absolute atomic E-state index is 13.6. The fraction of sp³-hybridized carbons (Fsp3) is 0.379. The van der Waals surface area contributed by atoms with Gasteiger partial charge in [0.25, 0.3) is 0 Å². The van der Waals surface area contributed by atoms with Crippen LogP contribution < -0.4 is 4.74 Å². The summed E-state index contributed by atoms with van der Waals surface area (Å²) in [5, 5.41) is 0. The third-order valence-corrected chi connectivity index (χ3v) is 7.20. The highest BCUT2D eigenvalue weighted by Gasteiger charge is 2.41. The van der Waals surface area contributed by atoms with Crippen molar-refractivity contribution in [2.75, 3.05) is 33.3 Å². The zero-order chi connectivity index (χ0) is 27.6. The van der Waals surface area contributed by atoms with E-state index in [4.69, 9.17) is 4.74 Å². The molecule has 0 saturated carbocycles. The van der Waals surface area contributed by atoms with Gasteiger partial charge in [-0.05, 0) is 48.7 Å². The second-order valence-electron chi connectivity index (χ2n) is 9.81. The average Bonchev–Trinajstić information content (AvgIpc) is 2.88. The number of rotatable bonds is 7. The van der Waals surface area contributed by atoms with E-state index >= 15 is 0 Å². The number of methoxy groups -OCH3 is 1. The summed E-state index contributed by atoms with van der Waals surface area (Å²) < 4.78 is 87.1. The molecule has 0 amide bonds. The molecule has 1 aliphatic rings. The van der Waals surface area contributed by atoms with E-state index in [1.165, 1.54) is 12.7 Å². The second kappa shape index (κ2) is 11.0. The molecule has 38 heavy (non-hydrogen) atoms. The topological polar surface area (TPSA) is 15.7 Å². The third-order valence-electron chi connectivity index (χ3n) is 7.20. The van der Waals surface area contributed by atoms with Crippen LogP contribution in [0, 0.1) is 0 Å². The molecular weight excluding hydrogens is 506 g/mol. The van der Waals surface area contributed by atoms with E-state index in [-0.39, 0.29) is 18.1 Å². The smallest absolute Gasteiger partial charge is 0.416 e. The standard InChI is InChI=1S/C29H30F6N2O/c1-27(25-10-6-7-11-26(25)38-2,37-14-12-36(13-15-37)20-21-8-4-3-5-9-21)19-22-16-23(28(30,31)32)18-24(17-22)29(33,34)35/h3-11,16-18H,12-15,19-20H2,1-2H3. The highest BCUT2D eigenvalue weighted by molar-refractivity contribution is 5.42. The molecule has 3 aromatic carbocycles. The molecule has 0 spiro atoms. The van der Waals surface area contributed by atoms with Crippen molar-refractivity contribution >= 4 is 0 Å². The zero-order valence-electron chi connectivity index (χ0n) is 21.2. The van der Waals surface area contributed by atoms with Gasteiger partial charge in [-0.3, -0.25) is 9.80 Å². The van der Waals surface area contributed by atoms with Crippen LogP contribution in [0.15, 0.2) is 72.8 Å². The Kier molecular flexibility index (Phi) is 8.09. The Balaban J connectivity index is 1.69. The second-order valence-corrected chi connectivity index (χ2v) is 9.81. The molecular formula is C29H30F6N2O. The van der Waals surface area contributed by atoms with E-state index < -0.39 is 29.0 Å². The normalized spacial score (nSPS) is 17.3. The number of para-hydroxylation sites is 1.